The molecule has 1 N–H and O–H groups in total. The quantitative estimate of drug-likeness (QED) is 0.898. The molecule has 2 aromatic rings. The Morgan fingerprint density at radius 2 is 2.25 bits per heavy atom. The number of aryl methyl sites for hydroxylation is 1. The third-order valence-electron chi connectivity index (χ3n) is 4.12. The lowest BCUT2D eigenvalue weighted by molar-refractivity contribution is -0.142. The van der Waals surface area contributed by atoms with Crippen LogP contribution in [0, 0.1) is 6.92 Å². The summed E-state index contributed by atoms with van der Waals surface area (Å²) in [7, 11) is 0. The molecule has 0 bridgehead atoms. The summed E-state index contributed by atoms with van der Waals surface area (Å²) in [5.74, 6) is -0.829. The van der Waals surface area contributed by atoms with E-state index in [2.05, 4.69) is 10.00 Å². The molecule has 0 spiro atoms. The summed E-state index contributed by atoms with van der Waals surface area (Å²) >= 11 is 6.24. The van der Waals surface area contributed by atoms with Gasteiger partial charge < -0.3 is 9.84 Å². The number of morpholine rings is 1. The molecule has 1 saturated heterocycles. The van der Waals surface area contributed by atoms with Gasteiger partial charge >= 0.3 is 5.97 Å². The zero-order valence-corrected chi connectivity index (χ0v) is 14.2. The van der Waals surface area contributed by atoms with Gasteiger partial charge in [-0.25, -0.2) is 4.68 Å². The highest BCUT2D eigenvalue weighted by atomic mass is 35.5. The van der Waals surface area contributed by atoms with Gasteiger partial charge in [-0.2, -0.15) is 5.10 Å². The molecule has 3 rings (SSSR count). The van der Waals surface area contributed by atoms with Crippen molar-refractivity contribution < 1.29 is 14.6 Å². The SMILES string of the molecule is Cc1nn(-c2ccccc2Cl)cc1CN1CCOC(CC(=O)O)C1. The van der Waals surface area contributed by atoms with E-state index in [1.807, 2.05) is 37.4 Å². The highest BCUT2D eigenvalue weighted by Crippen LogP contribution is 2.21. The second-order valence-corrected chi connectivity index (χ2v) is 6.37. The van der Waals surface area contributed by atoms with Crippen molar-refractivity contribution in [2.75, 3.05) is 19.7 Å². The first-order valence-corrected chi connectivity index (χ1v) is 8.26. The van der Waals surface area contributed by atoms with Crippen LogP contribution in [-0.2, 0) is 16.1 Å². The molecule has 1 aromatic heterocycles. The number of aliphatic carboxylic acids is 1. The van der Waals surface area contributed by atoms with Crippen LogP contribution in [0.2, 0.25) is 5.02 Å². The Labute approximate surface area is 145 Å². The minimum atomic E-state index is -0.829. The molecule has 0 radical (unpaired) electrons. The largest absolute Gasteiger partial charge is 0.481 e. The predicted molar refractivity (Wildman–Crippen MR) is 90.6 cm³/mol. The van der Waals surface area contributed by atoms with Crippen LogP contribution in [0.3, 0.4) is 0 Å². The first-order valence-electron chi connectivity index (χ1n) is 7.88. The maximum atomic E-state index is 10.9. The zero-order chi connectivity index (χ0) is 17.1. The molecule has 1 aliphatic rings. The van der Waals surface area contributed by atoms with Gasteiger partial charge in [-0.15, -0.1) is 0 Å². The van der Waals surface area contributed by atoms with Crippen LogP contribution in [0.15, 0.2) is 30.5 Å². The number of benzene rings is 1. The lowest BCUT2D eigenvalue weighted by atomic mass is 10.2. The number of carboxylic acid groups (broad SMARTS) is 1. The summed E-state index contributed by atoms with van der Waals surface area (Å²) in [6, 6.07) is 7.58. The first kappa shape index (κ1) is 17.0. The van der Waals surface area contributed by atoms with E-state index in [1.165, 1.54) is 0 Å². The molecule has 1 aromatic carbocycles. The van der Waals surface area contributed by atoms with E-state index >= 15 is 0 Å². The molecule has 1 aliphatic heterocycles. The number of hydrogen-bond acceptors (Lipinski definition) is 4. The maximum Gasteiger partial charge on any atom is 0.306 e. The smallest absolute Gasteiger partial charge is 0.306 e. The number of carbonyl (C=O) groups is 1. The van der Waals surface area contributed by atoms with Crippen molar-refractivity contribution in [3.05, 3.63) is 46.7 Å². The fraction of sp³-hybridized carbons (Fsp3) is 0.412. The maximum absolute atomic E-state index is 10.9. The van der Waals surface area contributed by atoms with Crippen molar-refractivity contribution in [3.63, 3.8) is 0 Å². The van der Waals surface area contributed by atoms with Gasteiger partial charge in [0.25, 0.3) is 0 Å². The van der Waals surface area contributed by atoms with E-state index in [1.54, 1.807) is 4.68 Å². The monoisotopic (exact) mass is 349 g/mol. The normalized spacial score (nSPS) is 18.7. The average Bonchev–Trinajstić information content (AvgIpc) is 2.88. The Morgan fingerprint density at radius 3 is 3.00 bits per heavy atom. The molecule has 1 atom stereocenters. The fourth-order valence-electron chi connectivity index (χ4n) is 2.90. The van der Waals surface area contributed by atoms with Crippen molar-refractivity contribution in [2.24, 2.45) is 0 Å². The van der Waals surface area contributed by atoms with Crippen LogP contribution in [-0.4, -0.2) is 51.6 Å². The molecule has 0 amide bonds. The number of ether oxygens (including phenoxy) is 1. The molecule has 0 saturated carbocycles. The highest BCUT2D eigenvalue weighted by Gasteiger charge is 2.23. The molecule has 2 heterocycles. The van der Waals surface area contributed by atoms with Gasteiger partial charge in [0.1, 0.15) is 0 Å². The molecule has 0 aliphatic carbocycles. The Balaban J connectivity index is 1.72. The Bertz CT molecular complexity index is 732. The number of carboxylic acids is 1. The van der Waals surface area contributed by atoms with Crippen molar-refractivity contribution in [3.8, 4) is 5.69 Å². The molecular formula is C17H20ClN3O3. The fourth-order valence-corrected chi connectivity index (χ4v) is 3.12. The first-order chi connectivity index (χ1) is 11.5. The van der Waals surface area contributed by atoms with Crippen LogP contribution in [0.25, 0.3) is 5.69 Å². The van der Waals surface area contributed by atoms with Crippen LogP contribution in [0.1, 0.15) is 17.7 Å². The molecule has 24 heavy (non-hydrogen) atoms. The Kier molecular flexibility index (Phi) is 5.18. The highest BCUT2D eigenvalue weighted by molar-refractivity contribution is 6.32. The van der Waals surface area contributed by atoms with Gasteiger partial charge in [0.15, 0.2) is 0 Å². The number of nitrogens with zero attached hydrogens (tertiary/aromatic N) is 3. The minimum absolute atomic E-state index is 0.0361. The van der Waals surface area contributed by atoms with Gasteiger partial charge in [-0.05, 0) is 19.1 Å². The second kappa shape index (κ2) is 7.34. The molecule has 128 valence electrons. The van der Waals surface area contributed by atoms with Crippen molar-refractivity contribution >= 4 is 17.6 Å². The molecular weight excluding hydrogens is 330 g/mol. The number of para-hydroxylation sites is 1. The topological polar surface area (TPSA) is 67.6 Å². The summed E-state index contributed by atoms with van der Waals surface area (Å²) < 4.78 is 7.31. The van der Waals surface area contributed by atoms with Crippen LogP contribution >= 0.6 is 11.6 Å². The predicted octanol–water partition coefficient (Wildman–Crippen LogP) is 2.51. The van der Waals surface area contributed by atoms with Crippen molar-refractivity contribution in [1.82, 2.24) is 14.7 Å². The van der Waals surface area contributed by atoms with Gasteiger partial charge in [0, 0.05) is 31.4 Å². The van der Waals surface area contributed by atoms with Gasteiger partial charge in [-0.1, -0.05) is 23.7 Å². The van der Waals surface area contributed by atoms with E-state index in [4.69, 9.17) is 21.4 Å². The van der Waals surface area contributed by atoms with Crippen LogP contribution < -0.4 is 0 Å². The van der Waals surface area contributed by atoms with E-state index in [0.29, 0.717) is 18.2 Å². The number of hydrogen-bond donors (Lipinski definition) is 1. The second-order valence-electron chi connectivity index (χ2n) is 5.96. The summed E-state index contributed by atoms with van der Waals surface area (Å²) in [6.45, 7) is 4.64. The summed E-state index contributed by atoms with van der Waals surface area (Å²) in [5, 5.41) is 14.1. The van der Waals surface area contributed by atoms with Crippen molar-refractivity contribution in [2.45, 2.75) is 26.0 Å². The van der Waals surface area contributed by atoms with Gasteiger partial charge in [0.2, 0.25) is 0 Å². The van der Waals surface area contributed by atoms with Gasteiger partial charge in [0.05, 0.1) is 35.5 Å². The summed E-state index contributed by atoms with van der Waals surface area (Å²) in [5.41, 5.74) is 2.89. The number of rotatable bonds is 5. The third-order valence-corrected chi connectivity index (χ3v) is 4.44. The lowest BCUT2D eigenvalue weighted by Gasteiger charge is -2.32. The van der Waals surface area contributed by atoms with Crippen LogP contribution in [0.4, 0.5) is 0 Å². The van der Waals surface area contributed by atoms with E-state index in [0.717, 1.165) is 30.0 Å². The summed E-state index contributed by atoms with van der Waals surface area (Å²) in [4.78, 5) is 13.1. The van der Waals surface area contributed by atoms with Crippen LogP contribution in [0.5, 0.6) is 0 Å². The van der Waals surface area contributed by atoms with E-state index < -0.39 is 5.97 Å². The number of aromatic nitrogens is 2. The lowest BCUT2D eigenvalue weighted by Crippen LogP contribution is -2.42. The van der Waals surface area contributed by atoms with E-state index in [9.17, 15) is 4.79 Å². The average molecular weight is 350 g/mol. The Morgan fingerprint density at radius 1 is 1.46 bits per heavy atom. The number of halogens is 1. The van der Waals surface area contributed by atoms with Gasteiger partial charge in [-0.3, -0.25) is 9.69 Å². The molecule has 6 nitrogen and oxygen atoms in total. The summed E-state index contributed by atoms with van der Waals surface area (Å²) in [6.07, 6.45) is 1.77. The standard InChI is InChI=1S/C17H20ClN3O3/c1-12-13(9-20-6-7-24-14(11-20)8-17(22)23)10-21(19-12)16-5-3-2-4-15(16)18/h2-5,10,14H,6-9,11H2,1H3,(H,22,23). The zero-order valence-electron chi connectivity index (χ0n) is 13.5. The van der Waals surface area contributed by atoms with Crippen molar-refractivity contribution in [1.29, 1.82) is 0 Å². The Hall–Kier alpha value is -1.89. The molecule has 7 heteroatoms. The third kappa shape index (κ3) is 3.95. The van der Waals surface area contributed by atoms with E-state index in [-0.39, 0.29) is 12.5 Å². The molecule has 1 unspecified atom stereocenters. The molecule has 1 fully saturated rings. The minimum Gasteiger partial charge on any atom is -0.481 e.